The zero-order valence-corrected chi connectivity index (χ0v) is 24.8. The summed E-state index contributed by atoms with van der Waals surface area (Å²) >= 11 is 13.7. The number of imidazole rings is 1. The van der Waals surface area contributed by atoms with Crippen molar-refractivity contribution in [3.8, 4) is 0 Å². The van der Waals surface area contributed by atoms with Crippen LogP contribution in [0.25, 0.3) is 0 Å². The van der Waals surface area contributed by atoms with E-state index in [-0.39, 0.29) is 34.3 Å². The second-order valence-corrected chi connectivity index (χ2v) is 11.5. The van der Waals surface area contributed by atoms with E-state index in [4.69, 9.17) is 23.2 Å². The zero-order chi connectivity index (χ0) is 27.9. The quantitative estimate of drug-likeness (QED) is 0.328. The van der Waals surface area contributed by atoms with E-state index in [1.807, 2.05) is 21.9 Å². The lowest BCUT2D eigenvalue weighted by molar-refractivity contribution is 0.0903. The molecule has 3 aromatic rings. The van der Waals surface area contributed by atoms with Crippen LogP contribution in [0, 0.1) is 6.92 Å². The van der Waals surface area contributed by atoms with Gasteiger partial charge in [-0.3, -0.25) is 4.79 Å². The van der Waals surface area contributed by atoms with Gasteiger partial charge in [0.1, 0.15) is 10.3 Å². The Kier molecular flexibility index (Phi) is 10.2. The number of aromatic nitrogens is 3. The first-order chi connectivity index (χ1) is 18.7. The van der Waals surface area contributed by atoms with E-state index in [9.17, 15) is 9.59 Å². The molecule has 1 atom stereocenters. The minimum Gasteiger partial charge on any atom is -0.352 e. The van der Waals surface area contributed by atoms with Crippen LogP contribution in [0.5, 0.6) is 0 Å². The van der Waals surface area contributed by atoms with Crippen LogP contribution in [0.3, 0.4) is 0 Å². The summed E-state index contributed by atoms with van der Waals surface area (Å²) in [6.45, 7) is 7.31. The molecule has 3 aromatic heterocycles. The Hall–Kier alpha value is -2.66. The second kappa shape index (κ2) is 13.6. The topological polar surface area (TPSA) is 95.4 Å². The summed E-state index contributed by atoms with van der Waals surface area (Å²) in [5, 5.41) is 10.6. The molecule has 2 N–H and O–H groups in total. The number of nitrogens with one attached hydrogen (secondary N) is 2. The second-order valence-electron chi connectivity index (χ2n) is 10.0. The lowest BCUT2D eigenvalue weighted by Gasteiger charge is -2.40. The molecule has 12 heteroatoms. The highest BCUT2D eigenvalue weighted by atomic mass is 35.5. The summed E-state index contributed by atoms with van der Waals surface area (Å²) in [4.78, 5) is 38.5. The number of pyridine rings is 1. The number of nitrogens with zero attached hydrogens (tertiary/aromatic N) is 5. The number of thiophene rings is 1. The van der Waals surface area contributed by atoms with Crippen LogP contribution >= 0.6 is 34.5 Å². The predicted octanol–water partition coefficient (Wildman–Crippen LogP) is 4.88. The van der Waals surface area contributed by atoms with Crippen molar-refractivity contribution in [2.45, 2.75) is 58.3 Å². The fraction of sp³-hybridized carbons (Fsp3) is 0.481. The maximum absolute atomic E-state index is 13.3. The molecule has 210 valence electrons. The molecule has 0 aromatic carbocycles. The average molecular weight is 593 g/mol. The van der Waals surface area contributed by atoms with E-state index in [0.717, 1.165) is 43.6 Å². The number of hydrogen-bond acceptors (Lipinski definition) is 6. The lowest BCUT2D eigenvalue weighted by Crippen LogP contribution is -2.51. The summed E-state index contributed by atoms with van der Waals surface area (Å²) in [6, 6.07) is 4.10. The Balaban J connectivity index is 1.28. The minimum absolute atomic E-state index is 0.0535. The van der Waals surface area contributed by atoms with E-state index in [0.29, 0.717) is 30.8 Å². The third kappa shape index (κ3) is 7.72. The normalized spacial score (nSPS) is 15.2. The van der Waals surface area contributed by atoms with Crippen LogP contribution in [0.4, 0.5) is 4.79 Å². The van der Waals surface area contributed by atoms with Crippen LogP contribution in [-0.4, -0.2) is 68.0 Å². The Bertz CT molecular complexity index is 1240. The maximum atomic E-state index is 13.3. The third-order valence-electron chi connectivity index (χ3n) is 7.31. The van der Waals surface area contributed by atoms with E-state index in [2.05, 4.69) is 43.9 Å². The van der Waals surface area contributed by atoms with Crippen molar-refractivity contribution in [1.82, 2.24) is 35.0 Å². The summed E-state index contributed by atoms with van der Waals surface area (Å²) in [5.74, 6) is -0.242. The third-order valence-corrected chi connectivity index (χ3v) is 8.51. The van der Waals surface area contributed by atoms with Gasteiger partial charge in [0.25, 0.3) is 5.91 Å². The van der Waals surface area contributed by atoms with E-state index >= 15 is 0 Å². The molecular formula is C27H35Cl2N7O2S. The molecule has 1 aliphatic heterocycles. The molecular weight excluding hydrogens is 557 g/mol. The number of halogens is 2. The number of urea groups is 1. The zero-order valence-electron chi connectivity index (χ0n) is 22.5. The highest BCUT2D eigenvalue weighted by molar-refractivity contribution is 7.07. The van der Waals surface area contributed by atoms with Crippen molar-refractivity contribution in [1.29, 1.82) is 0 Å². The van der Waals surface area contributed by atoms with Gasteiger partial charge in [0.05, 0.1) is 24.1 Å². The molecule has 0 aliphatic carbocycles. The standard InChI is InChI=1S/C27H35Cl2N7O2S/c1-18-12-23(28)33-25(29)24(18)26(37)31-8-4-19(2)35-9-5-21(6-10-35)36(15-20-7-11-39-16-20)27(38)32-14-22-13-30-17-34(22)3/h7,11-13,16-17,19,21H,4-6,8-10,14-15H2,1-3H3,(H,31,37)(H,32,38). The monoisotopic (exact) mass is 591 g/mol. The van der Waals surface area contributed by atoms with E-state index < -0.39 is 0 Å². The SMILES string of the molecule is Cc1cc(Cl)nc(Cl)c1C(=O)NCCC(C)N1CCC(N(Cc2ccsc2)C(=O)NCc2cncn2C)CC1. The first-order valence-electron chi connectivity index (χ1n) is 13.1. The van der Waals surface area contributed by atoms with Crippen LogP contribution in [0.1, 0.15) is 53.4 Å². The summed E-state index contributed by atoms with van der Waals surface area (Å²) in [5.41, 5.74) is 3.17. The molecule has 3 amide bonds. The number of hydrogen-bond donors (Lipinski definition) is 2. The minimum atomic E-state index is -0.242. The Morgan fingerprint density at radius 1 is 1.26 bits per heavy atom. The van der Waals surface area contributed by atoms with E-state index in [1.165, 1.54) is 0 Å². The Labute approximate surface area is 243 Å². The highest BCUT2D eigenvalue weighted by Gasteiger charge is 2.30. The first-order valence-corrected chi connectivity index (χ1v) is 14.8. The molecule has 1 unspecified atom stereocenters. The largest absolute Gasteiger partial charge is 0.352 e. The smallest absolute Gasteiger partial charge is 0.318 e. The predicted molar refractivity (Wildman–Crippen MR) is 155 cm³/mol. The number of amides is 3. The molecule has 4 heterocycles. The summed E-state index contributed by atoms with van der Waals surface area (Å²) in [6.07, 6.45) is 6.10. The van der Waals surface area contributed by atoms with Gasteiger partial charge in [0.2, 0.25) is 0 Å². The van der Waals surface area contributed by atoms with Crippen molar-refractivity contribution < 1.29 is 9.59 Å². The molecule has 1 aliphatic rings. The molecule has 0 spiro atoms. The van der Waals surface area contributed by atoms with Gasteiger partial charge in [-0.15, -0.1) is 0 Å². The van der Waals surface area contributed by atoms with Gasteiger partial charge in [-0.1, -0.05) is 23.2 Å². The summed E-state index contributed by atoms with van der Waals surface area (Å²) in [7, 11) is 1.92. The Morgan fingerprint density at radius 2 is 2.03 bits per heavy atom. The van der Waals surface area contributed by atoms with Crippen LogP contribution in [0.15, 0.2) is 35.4 Å². The number of rotatable bonds is 10. The van der Waals surface area contributed by atoms with Crippen molar-refractivity contribution >= 4 is 46.5 Å². The van der Waals surface area contributed by atoms with Crippen molar-refractivity contribution in [2.24, 2.45) is 7.05 Å². The highest BCUT2D eigenvalue weighted by Crippen LogP contribution is 2.23. The van der Waals surface area contributed by atoms with Crippen molar-refractivity contribution in [3.05, 3.63) is 68.1 Å². The van der Waals surface area contributed by atoms with Gasteiger partial charge < -0.3 is 25.0 Å². The van der Waals surface area contributed by atoms with Gasteiger partial charge in [-0.2, -0.15) is 11.3 Å². The molecule has 1 saturated heterocycles. The Morgan fingerprint density at radius 3 is 2.67 bits per heavy atom. The molecule has 4 rings (SSSR count). The van der Waals surface area contributed by atoms with Gasteiger partial charge in [-0.25, -0.2) is 14.8 Å². The summed E-state index contributed by atoms with van der Waals surface area (Å²) < 4.78 is 1.91. The number of likely N-dealkylation sites (tertiary alicyclic amines) is 1. The van der Waals surface area contributed by atoms with Crippen LogP contribution < -0.4 is 10.6 Å². The molecule has 39 heavy (non-hydrogen) atoms. The number of aryl methyl sites for hydroxylation is 2. The molecule has 0 radical (unpaired) electrons. The maximum Gasteiger partial charge on any atom is 0.318 e. The fourth-order valence-corrected chi connectivity index (χ4v) is 6.22. The van der Waals surface area contributed by atoms with Crippen molar-refractivity contribution in [2.75, 3.05) is 19.6 Å². The van der Waals surface area contributed by atoms with Gasteiger partial charge >= 0.3 is 6.03 Å². The van der Waals surface area contributed by atoms with E-state index in [1.54, 1.807) is 36.9 Å². The number of carbonyl (C=O) groups is 2. The van der Waals surface area contributed by atoms with Gasteiger partial charge in [0.15, 0.2) is 0 Å². The average Bonchev–Trinajstić information content (AvgIpc) is 3.57. The molecule has 1 fully saturated rings. The molecule has 0 saturated carbocycles. The van der Waals surface area contributed by atoms with Gasteiger partial charge in [0, 0.05) is 51.5 Å². The fourth-order valence-electron chi connectivity index (χ4n) is 4.94. The van der Waals surface area contributed by atoms with Crippen LogP contribution in [0.2, 0.25) is 10.3 Å². The molecule has 9 nitrogen and oxygen atoms in total. The van der Waals surface area contributed by atoms with Gasteiger partial charge in [-0.05, 0) is 67.1 Å². The van der Waals surface area contributed by atoms with Crippen molar-refractivity contribution in [3.63, 3.8) is 0 Å². The van der Waals surface area contributed by atoms with Crippen LogP contribution in [-0.2, 0) is 20.1 Å². The lowest BCUT2D eigenvalue weighted by atomic mass is 10.0. The first kappa shape index (κ1) is 29.3. The number of carbonyl (C=O) groups excluding carboxylic acids is 2. The molecule has 0 bridgehead atoms. The number of piperidine rings is 1.